The maximum Gasteiger partial charge on any atom is 0.255 e. The molecule has 0 saturated carbocycles. The number of carbonyl (C=O) groups excluding carboxylic acids is 2. The molecule has 27 heavy (non-hydrogen) atoms. The van der Waals surface area contributed by atoms with Crippen molar-refractivity contribution in [1.29, 1.82) is 0 Å². The van der Waals surface area contributed by atoms with Gasteiger partial charge in [0.15, 0.2) is 0 Å². The highest BCUT2D eigenvalue weighted by atomic mass is 16.2. The number of carbonyl (C=O) groups is 2. The van der Waals surface area contributed by atoms with Crippen LogP contribution in [0.3, 0.4) is 0 Å². The average molecular weight is 367 g/mol. The van der Waals surface area contributed by atoms with Crippen molar-refractivity contribution in [3.63, 3.8) is 0 Å². The summed E-state index contributed by atoms with van der Waals surface area (Å²) in [7, 11) is 1.82. The van der Waals surface area contributed by atoms with Crippen LogP contribution in [-0.4, -0.2) is 52.8 Å². The van der Waals surface area contributed by atoms with E-state index in [-0.39, 0.29) is 17.9 Å². The Morgan fingerprint density at radius 3 is 2.70 bits per heavy atom. The van der Waals surface area contributed by atoms with Crippen LogP contribution < -0.4 is 0 Å². The number of rotatable bonds is 5. The molecule has 1 saturated heterocycles. The van der Waals surface area contributed by atoms with Crippen LogP contribution in [0.5, 0.6) is 0 Å². The van der Waals surface area contributed by atoms with E-state index in [4.69, 9.17) is 0 Å². The summed E-state index contributed by atoms with van der Waals surface area (Å²) in [4.78, 5) is 34.4. The first-order chi connectivity index (χ1) is 13.0. The Balaban J connectivity index is 2.04. The average Bonchev–Trinajstić information content (AvgIpc) is 2.67. The molecule has 1 unspecified atom stereocenters. The minimum absolute atomic E-state index is 0.0485. The van der Waals surface area contributed by atoms with Crippen molar-refractivity contribution in [2.24, 2.45) is 0 Å². The molecule has 0 spiro atoms. The van der Waals surface area contributed by atoms with Gasteiger partial charge in [-0.3, -0.25) is 14.6 Å². The second-order valence-electron chi connectivity index (χ2n) is 7.43. The van der Waals surface area contributed by atoms with Gasteiger partial charge >= 0.3 is 0 Å². The molecular weight excluding hydrogens is 338 g/mol. The van der Waals surface area contributed by atoms with Crippen LogP contribution in [0, 0.1) is 6.92 Å². The molecule has 1 aromatic heterocycles. The van der Waals surface area contributed by atoms with Crippen LogP contribution in [-0.2, 0) is 11.2 Å². The van der Waals surface area contributed by atoms with Gasteiger partial charge in [-0.05, 0) is 43.5 Å². The fourth-order valence-electron chi connectivity index (χ4n) is 3.79. The standard InChI is InChI=1S/C22H29N3O2/c1-5-7-8-20-22(27)24(4)11-12-25(20)21(26)18-13-15(3)23-19-10-9-16(6-2)14-17(18)19/h9-10,13-14,20H,5-8,11-12H2,1-4H3. The lowest BCUT2D eigenvalue weighted by Crippen LogP contribution is -2.57. The molecule has 0 bridgehead atoms. The lowest BCUT2D eigenvalue weighted by Gasteiger charge is -2.39. The molecule has 1 fully saturated rings. The lowest BCUT2D eigenvalue weighted by molar-refractivity contribution is -0.138. The number of aryl methyl sites for hydroxylation is 2. The molecule has 0 N–H and O–H groups in total. The van der Waals surface area contributed by atoms with Crippen molar-refractivity contribution >= 4 is 22.7 Å². The molecule has 2 aromatic rings. The van der Waals surface area contributed by atoms with Crippen LogP contribution in [0.15, 0.2) is 24.3 Å². The lowest BCUT2D eigenvalue weighted by atomic mass is 9.99. The molecule has 3 rings (SSSR count). The smallest absolute Gasteiger partial charge is 0.255 e. The third kappa shape index (κ3) is 3.82. The fourth-order valence-corrected chi connectivity index (χ4v) is 3.79. The number of piperazine rings is 1. The second-order valence-corrected chi connectivity index (χ2v) is 7.43. The van der Waals surface area contributed by atoms with Gasteiger partial charge < -0.3 is 9.80 Å². The van der Waals surface area contributed by atoms with Gasteiger partial charge in [-0.1, -0.05) is 32.8 Å². The van der Waals surface area contributed by atoms with Gasteiger partial charge in [-0.2, -0.15) is 0 Å². The van der Waals surface area contributed by atoms with Crippen molar-refractivity contribution in [1.82, 2.24) is 14.8 Å². The molecule has 5 nitrogen and oxygen atoms in total. The summed E-state index contributed by atoms with van der Waals surface area (Å²) in [6.45, 7) is 7.27. The van der Waals surface area contributed by atoms with E-state index in [1.165, 1.54) is 5.56 Å². The minimum Gasteiger partial charge on any atom is -0.342 e. The van der Waals surface area contributed by atoms with Crippen molar-refractivity contribution in [3.05, 3.63) is 41.1 Å². The number of unbranched alkanes of at least 4 members (excludes halogenated alkanes) is 1. The largest absolute Gasteiger partial charge is 0.342 e. The maximum absolute atomic E-state index is 13.5. The number of benzene rings is 1. The van der Waals surface area contributed by atoms with Crippen molar-refractivity contribution in [3.8, 4) is 0 Å². The topological polar surface area (TPSA) is 53.5 Å². The predicted octanol–water partition coefficient (Wildman–Crippen LogP) is 3.58. The quantitative estimate of drug-likeness (QED) is 0.812. The van der Waals surface area contributed by atoms with Crippen molar-refractivity contribution in [2.75, 3.05) is 20.1 Å². The Kier molecular flexibility index (Phi) is 5.78. The highest BCUT2D eigenvalue weighted by Crippen LogP contribution is 2.25. The van der Waals surface area contributed by atoms with Crippen molar-refractivity contribution < 1.29 is 9.59 Å². The van der Waals surface area contributed by atoms with E-state index in [2.05, 4.69) is 31.0 Å². The molecular formula is C22H29N3O2. The first-order valence-electron chi connectivity index (χ1n) is 9.92. The number of likely N-dealkylation sites (N-methyl/N-ethyl adjacent to an activating group) is 1. The van der Waals surface area contributed by atoms with E-state index in [9.17, 15) is 9.59 Å². The van der Waals surface area contributed by atoms with Gasteiger partial charge in [0.2, 0.25) is 5.91 Å². The molecule has 5 heteroatoms. The van der Waals surface area contributed by atoms with Gasteiger partial charge in [-0.25, -0.2) is 0 Å². The van der Waals surface area contributed by atoms with E-state index in [0.29, 0.717) is 25.1 Å². The van der Waals surface area contributed by atoms with Crippen LogP contribution in [0.1, 0.15) is 54.7 Å². The van der Waals surface area contributed by atoms with Crippen LogP contribution >= 0.6 is 0 Å². The fraction of sp³-hybridized carbons (Fsp3) is 0.500. The monoisotopic (exact) mass is 367 g/mol. The molecule has 0 aliphatic carbocycles. The van der Waals surface area contributed by atoms with E-state index < -0.39 is 0 Å². The normalized spacial score (nSPS) is 17.6. The summed E-state index contributed by atoms with van der Waals surface area (Å²) in [5, 5.41) is 0.880. The Hall–Kier alpha value is -2.43. The SMILES string of the molecule is CCCCC1C(=O)N(C)CCN1C(=O)c1cc(C)nc2ccc(CC)cc12. The van der Waals surface area contributed by atoms with E-state index in [1.807, 2.05) is 26.1 Å². The highest BCUT2D eigenvalue weighted by molar-refractivity contribution is 6.07. The summed E-state index contributed by atoms with van der Waals surface area (Å²) < 4.78 is 0. The van der Waals surface area contributed by atoms with Crippen LogP contribution in [0.25, 0.3) is 10.9 Å². The molecule has 2 amide bonds. The molecule has 1 aliphatic heterocycles. The zero-order valence-corrected chi connectivity index (χ0v) is 16.8. The first-order valence-corrected chi connectivity index (χ1v) is 9.92. The number of aromatic nitrogens is 1. The number of hydrogen-bond donors (Lipinski definition) is 0. The molecule has 144 valence electrons. The molecule has 1 atom stereocenters. The van der Waals surface area contributed by atoms with E-state index >= 15 is 0 Å². The number of nitrogens with zero attached hydrogens (tertiary/aromatic N) is 3. The second kappa shape index (κ2) is 8.07. The molecule has 0 radical (unpaired) electrons. The van der Waals surface area contributed by atoms with Gasteiger partial charge in [0.05, 0.1) is 11.1 Å². The number of pyridine rings is 1. The van der Waals surface area contributed by atoms with Crippen LogP contribution in [0.4, 0.5) is 0 Å². The van der Waals surface area contributed by atoms with Gasteiger partial charge in [0.1, 0.15) is 6.04 Å². The highest BCUT2D eigenvalue weighted by Gasteiger charge is 2.36. The predicted molar refractivity (Wildman–Crippen MR) is 108 cm³/mol. The number of hydrogen-bond acceptors (Lipinski definition) is 3. The van der Waals surface area contributed by atoms with E-state index in [0.717, 1.165) is 35.9 Å². The molecule has 1 aliphatic rings. The first kappa shape index (κ1) is 19.3. The van der Waals surface area contributed by atoms with Gasteiger partial charge in [-0.15, -0.1) is 0 Å². The third-order valence-corrected chi connectivity index (χ3v) is 5.45. The maximum atomic E-state index is 13.5. The van der Waals surface area contributed by atoms with Crippen LogP contribution in [0.2, 0.25) is 0 Å². The Bertz CT molecular complexity index is 862. The molecule has 1 aromatic carbocycles. The van der Waals surface area contributed by atoms with Gasteiger partial charge in [0, 0.05) is 31.2 Å². The van der Waals surface area contributed by atoms with E-state index in [1.54, 1.807) is 9.80 Å². The molecule has 2 heterocycles. The Morgan fingerprint density at radius 2 is 2.00 bits per heavy atom. The summed E-state index contributed by atoms with van der Waals surface area (Å²) in [5.74, 6) is -0.00585. The Morgan fingerprint density at radius 1 is 1.22 bits per heavy atom. The van der Waals surface area contributed by atoms with Gasteiger partial charge in [0.25, 0.3) is 5.91 Å². The summed E-state index contributed by atoms with van der Waals surface area (Å²) in [6.07, 6.45) is 3.56. The minimum atomic E-state index is -0.367. The number of amides is 2. The summed E-state index contributed by atoms with van der Waals surface area (Å²) in [6, 6.07) is 7.61. The summed E-state index contributed by atoms with van der Waals surface area (Å²) in [5.41, 5.74) is 3.49. The summed E-state index contributed by atoms with van der Waals surface area (Å²) >= 11 is 0. The zero-order chi connectivity index (χ0) is 19.6. The number of fused-ring (bicyclic) bond motifs is 1. The zero-order valence-electron chi connectivity index (χ0n) is 16.8. The van der Waals surface area contributed by atoms with Crippen molar-refractivity contribution in [2.45, 2.75) is 52.5 Å². The third-order valence-electron chi connectivity index (χ3n) is 5.45. The Labute approximate surface area is 161 Å².